The van der Waals surface area contributed by atoms with Gasteiger partial charge in [0.05, 0.1) is 12.8 Å². The number of hydrogen-bond acceptors (Lipinski definition) is 5. The lowest BCUT2D eigenvalue weighted by Gasteiger charge is -2.34. The van der Waals surface area contributed by atoms with Gasteiger partial charge in [0, 0.05) is 37.2 Å². The number of rotatable bonds is 4. The van der Waals surface area contributed by atoms with Gasteiger partial charge < -0.3 is 14.6 Å². The molecule has 0 saturated carbocycles. The summed E-state index contributed by atoms with van der Waals surface area (Å²) in [6, 6.07) is 9.38. The van der Waals surface area contributed by atoms with Crippen molar-refractivity contribution >= 4 is 23.1 Å². The lowest BCUT2D eigenvalue weighted by Crippen LogP contribution is -2.49. The Morgan fingerprint density at radius 3 is 2.67 bits per heavy atom. The van der Waals surface area contributed by atoms with Crippen molar-refractivity contribution < 1.29 is 13.6 Å². The largest absolute Gasteiger partial charge is 0.463 e. The van der Waals surface area contributed by atoms with E-state index >= 15 is 0 Å². The predicted octanol–water partition coefficient (Wildman–Crippen LogP) is 3.89. The molecule has 4 rings (SSSR count). The molecule has 0 atom stereocenters. The summed E-state index contributed by atoms with van der Waals surface area (Å²) in [5, 5.41) is 5.84. The molecule has 0 radical (unpaired) electrons. The molecule has 27 heavy (non-hydrogen) atoms. The molecule has 0 unspecified atom stereocenters. The number of furan rings is 1. The van der Waals surface area contributed by atoms with Gasteiger partial charge in [-0.1, -0.05) is 0 Å². The molecule has 3 heterocycles. The average Bonchev–Trinajstić information content (AvgIpc) is 3.36. The highest BCUT2D eigenvalue weighted by Gasteiger charge is 2.22. The molecule has 1 aliphatic heterocycles. The second-order valence-electron chi connectivity index (χ2n) is 6.30. The summed E-state index contributed by atoms with van der Waals surface area (Å²) in [5.41, 5.74) is 1.45. The minimum atomic E-state index is -0.320. The van der Waals surface area contributed by atoms with Crippen LogP contribution in [0.3, 0.4) is 0 Å². The first kappa shape index (κ1) is 17.7. The minimum Gasteiger partial charge on any atom is -0.463 e. The highest BCUT2D eigenvalue weighted by molar-refractivity contribution is 7.09. The second-order valence-corrected chi connectivity index (χ2v) is 7.25. The normalized spacial score (nSPS) is 15.1. The Morgan fingerprint density at radius 1 is 1.19 bits per heavy atom. The number of nitrogens with one attached hydrogen (secondary N) is 1. The number of amides is 2. The molecule has 2 amide bonds. The van der Waals surface area contributed by atoms with E-state index < -0.39 is 0 Å². The monoisotopic (exact) mass is 386 g/mol. The smallest absolute Gasteiger partial charge is 0.321 e. The van der Waals surface area contributed by atoms with Gasteiger partial charge in [-0.3, -0.25) is 4.90 Å². The summed E-state index contributed by atoms with van der Waals surface area (Å²) in [6.07, 6.45) is 1.64. The van der Waals surface area contributed by atoms with Gasteiger partial charge in [0.15, 0.2) is 5.76 Å². The van der Waals surface area contributed by atoms with E-state index in [1.807, 2.05) is 17.5 Å². The second kappa shape index (κ2) is 7.89. The van der Waals surface area contributed by atoms with E-state index in [2.05, 4.69) is 15.2 Å². The first-order chi connectivity index (χ1) is 13.2. The van der Waals surface area contributed by atoms with Crippen LogP contribution in [0.5, 0.6) is 0 Å². The number of anilines is 1. The number of carbonyl (C=O) groups is 1. The Hall–Kier alpha value is -2.71. The van der Waals surface area contributed by atoms with E-state index in [-0.39, 0.29) is 11.8 Å². The molecule has 140 valence electrons. The van der Waals surface area contributed by atoms with E-state index in [1.54, 1.807) is 34.6 Å². The van der Waals surface area contributed by atoms with Gasteiger partial charge in [0.2, 0.25) is 0 Å². The third-order valence-corrected chi connectivity index (χ3v) is 5.27. The van der Waals surface area contributed by atoms with Crippen molar-refractivity contribution in [3.8, 4) is 11.5 Å². The van der Waals surface area contributed by atoms with Crippen LogP contribution in [0.15, 0.2) is 52.5 Å². The molecule has 1 aromatic carbocycles. The first-order valence-corrected chi connectivity index (χ1v) is 9.57. The molecule has 1 N–H and O–H groups in total. The number of benzene rings is 1. The molecule has 1 aliphatic rings. The summed E-state index contributed by atoms with van der Waals surface area (Å²) in [6.45, 7) is 3.62. The molecule has 6 nitrogen and oxygen atoms in total. The maximum absolute atomic E-state index is 12.9. The van der Waals surface area contributed by atoms with Crippen molar-refractivity contribution in [1.82, 2.24) is 14.8 Å². The Labute approximate surface area is 160 Å². The van der Waals surface area contributed by atoms with Crippen molar-refractivity contribution in [1.29, 1.82) is 0 Å². The van der Waals surface area contributed by atoms with E-state index in [0.717, 1.165) is 36.1 Å². The van der Waals surface area contributed by atoms with Gasteiger partial charge in [-0.25, -0.2) is 14.2 Å². The summed E-state index contributed by atoms with van der Waals surface area (Å²) in [7, 11) is 0. The molecule has 3 aromatic rings. The molecule has 0 bridgehead atoms. The average molecular weight is 386 g/mol. The molecule has 2 aromatic heterocycles. The molecule has 0 aliphatic carbocycles. The van der Waals surface area contributed by atoms with E-state index in [9.17, 15) is 9.18 Å². The Kier molecular flexibility index (Phi) is 5.17. The van der Waals surface area contributed by atoms with Crippen LogP contribution in [0.2, 0.25) is 0 Å². The van der Waals surface area contributed by atoms with Crippen molar-refractivity contribution in [3.05, 3.63) is 58.9 Å². The van der Waals surface area contributed by atoms with Gasteiger partial charge in [0.1, 0.15) is 16.5 Å². The van der Waals surface area contributed by atoms with Gasteiger partial charge in [-0.2, -0.15) is 0 Å². The van der Waals surface area contributed by atoms with E-state index in [4.69, 9.17) is 4.42 Å². The van der Waals surface area contributed by atoms with E-state index in [0.29, 0.717) is 18.8 Å². The molecular formula is C19H19FN4O2S. The fourth-order valence-electron chi connectivity index (χ4n) is 2.96. The van der Waals surface area contributed by atoms with E-state index in [1.165, 1.54) is 12.1 Å². The summed E-state index contributed by atoms with van der Waals surface area (Å²) >= 11 is 1.62. The quantitative estimate of drug-likeness (QED) is 0.739. The van der Waals surface area contributed by atoms with Crippen molar-refractivity contribution in [3.63, 3.8) is 0 Å². The SMILES string of the molecule is O=C(Nc1ccc(F)cc1)N1CCN(Cc2nc(-c3ccco3)cs2)CC1. The standard InChI is InChI=1S/C19H19FN4O2S/c20-14-3-5-15(6-4-14)21-19(25)24-9-7-23(8-10-24)12-18-22-16(13-27-18)17-2-1-11-26-17/h1-6,11,13H,7-10,12H2,(H,21,25). The molecule has 0 spiro atoms. The number of carbonyl (C=O) groups excluding carboxylic acids is 1. The van der Waals surface area contributed by atoms with Crippen LogP contribution >= 0.6 is 11.3 Å². The van der Waals surface area contributed by atoms with Crippen LogP contribution in [0.4, 0.5) is 14.9 Å². The maximum atomic E-state index is 12.9. The van der Waals surface area contributed by atoms with Crippen LogP contribution in [0, 0.1) is 5.82 Å². The van der Waals surface area contributed by atoms with Crippen molar-refractivity contribution in [2.75, 3.05) is 31.5 Å². The molecule has 1 saturated heterocycles. The predicted molar refractivity (Wildman–Crippen MR) is 102 cm³/mol. The van der Waals surface area contributed by atoms with Crippen LogP contribution in [-0.4, -0.2) is 47.0 Å². The zero-order chi connectivity index (χ0) is 18.6. The van der Waals surface area contributed by atoms with Crippen LogP contribution in [0.1, 0.15) is 5.01 Å². The number of hydrogen-bond donors (Lipinski definition) is 1. The van der Waals surface area contributed by atoms with Crippen LogP contribution in [-0.2, 0) is 6.54 Å². The van der Waals surface area contributed by atoms with Crippen molar-refractivity contribution in [2.45, 2.75) is 6.54 Å². The van der Waals surface area contributed by atoms with Gasteiger partial charge in [-0.15, -0.1) is 11.3 Å². The number of nitrogens with zero attached hydrogens (tertiary/aromatic N) is 3. The van der Waals surface area contributed by atoms with Crippen LogP contribution in [0.25, 0.3) is 11.5 Å². The maximum Gasteiger partial charge on any atom is 0.321 e. The summed E-state index contributed by atoms with van der Waals surface area (Å²) in [5.74, 6) is 0.457. The highest BCUT2D eigenvalue weighted by atomic mass is 32.1. The van der Waals surface area contributed by atoms with Gasteiger partial charge in [0.25, 0.3) is 0 Å². The molecule has 8 heteroatoms. The Balaban J connectivity index is 1.27. The number of urea groups is 1. The summed E-state index contributed by atoms with van der Waals surface area (Å²) < 4.78 is 18.3. The molecule has 1 fully saturated rings. The van der Waals surface area contributed by atoms with Crippen molar-refractivity contribution in [2.24, 2.45) is 0 Å². The van der Waals surface area contributed by atoms with Gasteiger partial charge >= 0.3 is 6.03 Å². The Morgan fingerprint density at radius 2 is 1.96 bits per heavy atom. The fraction of sp³-hybridized carbons (Fsp3) is 0.263. The highest BCUT2D eigenvalue weighted by Crippen LogP contribution is 2.23. The third kappa shape index (κ3) is 4.35. The molecular weight excluding hydrogens is 367 g/mol. The topological polar surface area (TPSA) is 61.6 Å². The first-order valence-electron chi connectivity index (χ1n) is 8.69. The lowest BCUT2D eigenvalue weighted by molar-refractivity contribution is 0.143. The zero-order valence-electron chi connectivity index (χ0n) is 14.6. The number of halogens is 1. The lowest BCUT2D eigenvalue weighted by atomic mass is 10.3. The van der Waals surface area contributed by atoms with Gasteiger partial charge in [-0.05, 0) is 36.4 Å². The third-order valence-electron chi connectivity index (χ3n) is 4.44. The number of thiazole rings is 1. The summed E-state index contributed by atoms with van der Waals surface area (Å²) in [4.78, 5) is 21.0. The zero-order valence-corrected chi connectivity index (χ0v) is 15.4. The fourth-order valence-corrected chi connectivity index (χ4v) is 3.78. The van der Waals surface area contributed by atoms with Crippen LogP contribution < -0.4 is 5.32 Å². The Bertz CT molecular complexity index is 887. The number of piperazine rings is 1. The minimum absolute atomic E-state index is 0.157. The number of aromatic nitrogens is 1.